The number of hydrogen-bond acceptors (Lipinski definition) is 3. The van der Waals surface area contributed by atoms with Crippen LogP contribution in [-0.2, 0) is 0 Å². The molecule has 3 N–H and O–H groups in total. The quantitative estimate of drug-likeness (QED) is 0.509. The molecule has 0 aliphatic rings. The zero-order valence-corrected chi connectivity index (χ0v) is 10.8. The van der Waals surface area contributed by atoms with Gasteiger partial charge in [0.05, 0.1) is 0 Å². The van der Waals surface area contributed by atoms with E-state index in [2.05, 4.69) is 0 Å². The third kappa shape index (κ3) is 4.04. The van der Waals surface area contributed by atoms with Gasteiger partial charge in [0.1, 0.15) is 0 Å². The number of aliphatic hydroxyl groups is 2. The minimum Gasteiger partial charge on any atom is -0.373 e. The molecule has 0 aromatic rings. The normalized spacial score (nSPS) is 15.6. The van der Waals surface area contributed by atoms with Crippen LogP contribution in [0.5, 0.6) is 0 Å². The lowest BCUT2D eigenvalue weighted by molar-refractivity contribution is -0.369. The number of nitrogens with one attached hydrogen (secondary N) is 1. The van der Waals surface area contributed by atoms with Crippen molar-refractivity contribution in [3.05, 3.63) is 0 Å². The molecule has 144 valence electrons. The zero-order chi connectivity index (χ0) is 20.0. The largest absolute Gasteiger partial charge is 0.426 e. The van der Waals surface area contributed by atoms with Crippen LogP contribution in [-0.4, -0.2) is 51.8 Å². The molecule has 0 aromatic carbocycles. The van der Waals surface area contributed by atoms with E-state index in [1.165, 1.54) is 0 Å². The van der Waals surface area contributed by atoms with Gasteiger partial charge in [0.25, 0.3) is 11.2 Å². The lowest BCUT2D eigenvalue weighted by Crippen LogP contribution is -2.60. The molecule has 0 spiro atoms. The van der Waals surface area contributed by atoms with E-state index < -0.39 is 54.5 Å². The standard InChI is InChI=1S/C9H7F12NO2/c10-6(11,12)4(23,7(13,14)15)1-3(22)2-5(24,8(16,17)18)9(19,20)21/h22-24H,1-2H2. The molecular formula is C9H7F12NO2. The highest BCUT2D eigenvalue weighted by molar-refractivity contribution is 5.83. The molecule has 0 heterocycles. The van der Waals surface area contributed by atoms with Crippen molar-refractivity contribution in [1.82, 2.24) is 0 Å². The van der Waals surface area contributed by atoms with Gasteiger partial charge in [-0.2, -0.15) is 52.7 Å². The van der Waals surface area contributed by atoms with Crippen molar-refractivity contribution >= 4 is 5.71 Å². The molecule has 0 unspecified atom stereocenters. The van der Waals surface area contributed by atoms with Crippen molar-refractivity contribution in [3.8, 4) is 0 Å². The Morgan fingerprint density at radius 2 is 0.708 bits per heavy atom. The van der Waals surface area contributed by atoms with E-state index in [9.17, 15) is 52.7 Å². The van der Waals surface area contributed by atoms with Gasteiger partial charge in [-0.25, -0.2) is 0 Å². The Bertz CT molecular complexity index is 401. The molecule has 15 heteroatoms. The summed E-state index contributed by atoms with van der Waals surface area (Å²) in [6.45, 7) is 0. The average molecular weight is 389 g/mol. The summed E-state index contributed by atoms with van der Waals surface area (Å²) in [5.74, 6) is 0. The van der Waals surface area contributed by atoms with Crippen molar-refractivity contribution in [2.24, 2.45) is 0 Å². The van der Waals surface area contributed by atoms with E-state index in [0.29, 0.717) is 0 Å². The third-order valence-electron chi connectivity index (χ3n) is 2.81. The Balaban J connectivity index is 5.74. The van der Waals surface area contributed by atoms with Crippen molar-refractivity contribution in [2.75, 3.05) is 0 Å². The van der Waals surface area contributed by atoms with Gasteiger partial charge in [-0.1, -0.05) is 0 Å². The smallest absolute Gasteiger partial charge is 0.373 e. The Morgan fingerprint density at radius 3 is 0.833 bits per heavy atom. The maximum Gasteiger partial charge on any atom is 0.426 e. The van der Waals surface area contributed by atoms with Crippen molar-refractivity contribution in [3.63, 3.8) is 0 Å². The molecule has 0 rings (SSSR count). The summed E-state index contributed by atoms with van der Waals surface area (Å²) in [5, 5.41) is 23.8. The Morgan fingerprint density at radius 1 is 0.542 bits per heavy atom. The third-order valence-corrected chi connectivity index (χ3v) is 2.81. The van der Waals surface area contributed by atoms with Gasteiger partial charge >= 0.3 is 24.7 Å². The fraction of sp³-hybridized carbons (Fsp3) is 0.889. The van der Waals surface area contributed by atoms with E-state index in [1.807, 2.05) is 0 Å². The molecule has 0 fully saturated rings. The second kappa shape index (κ2) is 5.93. The molecule has 0 saturated heterocycles. The predicted octanol–water partition coefficient (Wildman–Crippen LogP) is 3.50. The topological polar surface area (TPSA) is 64.3 Å². The first kappa shape index (κ1) is 22.8. The van der Waals surface area contributed by atoms with Crippen LogP contribution >= 0.6 is 0 Å². The first-order valence-electron chi connectivity index (χ1n) is 5.38. The monoisotopic (exact) mass is 389 g/mol. The van der Waals surface area contributed by atoms with Gasteiger partial charge in [0.2, 0.25) is 0 Å². The summed E-state index contributed by atoms with van der Waals surface area (Å²) < 4.78 is 147. The number of halogens is 12. The molecule has 0 atom stereocenters. The van der Waals surface area contributed by atoms with Crippen LogP contribution in [0, 0.1) is 5.41 Å². The van der Waals surface area contributed by atoms with E-state index in [-0.39, 0.29) is 0 Å². The molecule has 0 saturated carbocycles. The Labute approximate surface area is 124 Å². The van der Waals surface area contributed by atoms with Gasteiger partial charge in [-0.3, -0.25) is 0 Å². The summed E-state index contributed by atoms with van der Waals surface area (Å²) in [6.07, 6.45) is -32.2. The molecule has 0 aliphatic carbocycles. The fourth-order valence-electron chi connectivity index (χ4n) is 1.40. The van der Waals surface area contributed by atoms with Gasteiger partial charge in [-0.15, -0.1) is 0 Å². The maximum absolute atomic E-state index is 12.3. The molecular weight excluding hydrogens is 382 g/mol. The first-order valence-corrected chi connectivity index (χ1v) is 5.38. The second-order valence-electron chi connectivity index (χ2n) is 4.67. The highest BCUT2D eigenvalue weighted by Gasteiger charge is 2.73. The van der Waals surface area contributed by atoms with Crippen LogP contribution in [0.25, 0.3) is 0 Å². The highest BCUT2D eigenvalue weighted by atomic mass is 19.4. The SMILES string of the molecule is N=C(CC(O)(C(F)(F)F)C(F)(F)F)CC(O)(C(F)(F)F)C(F)(F)F. The van der Waals surface area contributed by atoms with Crippen LogP contribution in [0.2, 0.25) is 0 Å². The summed E-state index contributed by atoms with van der Waals surface area (Å²) in [7, 11) is 0. The number of rotatable bonds is 4. The van der Waals surface area contributed by atoms with Gasteiger partial charge in [-0.05, 0) is 0 Å². The average Bonchev–Trinajstić information content (AvgIpc) is 2.21. The van der Waals surface area contributed by atoms with Crippen molar-refractivity contribution in [2.45, 2.75) is 48.7 Å². The summed E-state index contributed by atoms with van der Waals surface area (Å²) in [6, 6.07) is 0. The minimum atomic E-state index is -6.55. The molecule has 0 amide bonds. The van der Waals surface area contributed by atoms with Crippen LogP contribution in [0.1, 0.15) is 12.8 Å². The maximum atomic E-state index is 12.3. The molecule has 0 aromatic heterocycles. The highest BCUT2D eigenvalue weighted by Crippen LogP contribution is 2.48. The Hall–Kier alpha value is -1.25. The number of hydrogen-bond donors (Lipinski definition) is 3. The fourth-order valence-corrected chi connectivity index (χ4v) is 1.40. The summed E-state index contributed by atoms with van der Waals surface area (Å²) >= 11 is 0. The lowest BCUT2D eigenvalue weighted by atomic mass is 9.87. The zero-order valence-electron chi connectivity index (χ0n) is 10.8. The Kier molecular flexibility index (Phi) is 5.62. The lowest BCUT2D eigenvalue weighted by Gasteiger charge is -2.35. The van der Waals surface area contributed by atoms with Crippen molar-refractivity contribution < 1.29 is 62.9 Å². The van der Waals surface area contributed by atoms with E-state index in [1.54, 1.807) is 0 Å². The predicted molar refractivity (Wildman–Crippen MR) is 51.1 cm³/mol. The minimum absolute atomic E-state index is 2.47. The summed E-state index contributed by atoms with van der Waals surface area (Å²) in [4.78, 5) is 0. The van der Waals surface area contributed by atoms with E-state index in [4.69, 9.17) is 15.6 Å². The molecule has 0 radical (unpaired) electrons. The van der Waals surface area contributed by atoms with Crippen LogP contribution in [0.3, 0.4) is 0 Å². The van der Waals surface area contributed by atoms with Gasteiger partial charge < -0.3 is 15.6 Å². The molecule has 0 aliphatic heterocycles. The molecule has 24 heavy (non-hydrogen) atoms. The molecule has 3 nitrogen and oxygen atoms in total. The van der Waals surface area contributed by atoms with Crippen molar-refractivity contribution in [1.29, 1.82) is 5.41 Å². The molecule has 0 bridgehead atoms. The van der Waals surface area contributed by atoms with Crippen LogP contribution in [0.15, 0.2) is 0 Å². The van der Waals surface area contributed by atoms with Gasteiger partial charge in [0, 0.05) is 18.6 Å². The summed E-state index contributed by atoms with van der Waals surface area (Å²) in [5.41, 5.74) is -14.0. The van der Waals surface area contributed by atoms with Crippen LogP contribution in [0.4, 0.5) is 52.7 Å². The van der Waals surface area contributed by atoms with E-state index in [0.717, 1.165) is 0 Å². The van der Waals surface area contributed by atoms with Crippen LogP contribution < -0.4 is 0 Å². The van der Waals surface area contributed by atoms with Gasteiger partial charge in [0.15, 0.2) is 0 Å². The number of alkyl halides is 12. The second-order valence-corrected chi connectivity index (χ2v) is 4.67. The first-order chi connectivity index (χ1) is 10.1. The van der Waals surface area contributed by atoms with E-state index >= 15 is 0 Å².